The van der Waals surface area contributed by atoms with Gasteiger partial charge in [0.05, 0.1) is 36.1 Å². The molecule has 4 rings (SSSR count). The van der Waals surface area contributed by atoms with Gasteiger partial charge in [-0.05, 0) is 60.1 Å². The topological polar surface area (TPSA) is 68.8 Å². The molecule has 0 aliphatic carbocycles. The molecule has 186 valence electrons. The van der Waals surface area contributed by atoms with Crippen LogP contribution in [0.4, 0.5) is 0 Å². The Bertz CT molecular complexity index is 1300. The molecular formula is C27H24Cl2N2O4S. The maximum atomic E-state index is 13.2. The molecule has 3 aromatic carbocycles. The van der Waals surface area contributed by atoms with Crippen molar-refractivity contribution >= 4 is 52.2 Å². The van der Waals surface area contributed by atoms with E-state index in [1.54, 1.807) is 31.2 Å². The Morgan fingerprint density at radius 2 is 1.78 bits per heavy atom. The number of hydrogen-bond donors (Lipinski definition) is 2. The molecule has 0 fully saturated rings. The highest BCUT2D eigenvalue weighted by molar-refractivity contribution is 7.80. The number of ether oxygens (including phenoxy) is 3. The Morgan fingerprint density at radius 3 is 2.44 bits per heavy atom. The lowest BCUT2D eigenvalue weighted by atomic mass is 9.92. The average Bonchev–Trinajstić information content (AvgIpc) is 2.88. The first-order valence-electron chi connectivity index (χ1n) is 11.2. The smallest absolute Gasteiger partial charge is 0.338 e. The first kappa shape index (κ1) is 25.8. The number of nitrogens with one attached hydrogen (secondary N) is 2. The van der Waals surface area contributed by atoms with E-state index >= 15 is 0 Å². The van der Waals surface area contributed by atoms with E-state index < -0.39 is 12.0 Å². The lowest BCUT2D eigenvalue weighted by Gasteiger charge is -2.31. The van der Waals surface area contributed by atoms with Crippen molar-refractivity contribution in [3.8, 4) is 11.5 Å². The summed E-state index contributed by atoms with van der Waals surface area (Å²) in [5, 5.41) is 7.64. The van der Waals surface area contributed by atoms with E-state index in [9.17, 15) is 4.79 Å². The fraction of sp³-hybridized carbons (Fsp3) is 0.185. The van der Waals surface area contributed by atoms with Crippen LogP contribution in [-0.2, 0) is 16.1 Å². The summed E-state index contributed by atoms with van der Waals surface area (Å²) < 4.78 is 17.0. The third-order valence-electron chi connectivity index (χ3n) is 5.51. The first-order chi connectivity index (χ1) is 17.4. The number of esters is 1. The number of hydrogen-bond acceptors (Lipinski definition) is 5. The number of methoxy groups -OCH3 is 1. The van der Waals surface area contributed by atoms with Gasteiger partial charge in [0.2, 0.25) is 0 Å². The van der Waals surface area contributed by atoms with E-state index in [2.05, 4.69) is 10.6 Å². The van der Waals surface area contributed by atoms with Gasteiger partial charge in [0, 0.05) is 5.02 Å². The van der Waals surface area contributed by atoms with Gasteiger partial charge in [-0.15, -0.1) is 0 Å². The summed E-state index contributed by atoms with van der Waals surface area (Å²) in [4.78, 5) is 13.2. The summed E-state index contributed by atoms with van der Waals surface area (Å²) in [6.45, 7) is 2.26. The molecule has 0 radical (unpaired) electrons. The summed E-state index contributed by atoms with van der Waals surface area (Å²) in [6.07, 6.45) is 0. The SMILES string of the molecule is CCOC(=O)C1=C(c2ccccc2)NC(=S)N[C@H]1c1cc(Cl)c(OCc2ccc(Cl)cc2)c(OC)c1. The molecule has 0 saturated carbocycles. The highest BCUT2D eigenvalue weighted by atomic mass is 35.5. The van der Waals surface area contributed by atoms with Crippen molar-refractivity contribution in [2.24, 2.45) is 0 Å². The molecule has 0 amide bonds. The molecule has 1 atom stereocenters. The standard InChI is InChI=1S/C27H24Cl2N2O4S/c1-3-34-26(32)22-23(17-7-5-4-6-8-17)30-27(36)31-24(22)18-13-20(29)25(21(14-18)33-2)35-15-16-9-11-19(28)12-10-16/h4-14,24H,3,15H2,1-2H3,(H2,30,31,36)/t24-/m0/s1. The van der Waals surface area contributed by atoms with Crippen molar-refractivity contribution in [1.29, 1.82) is 0 Å². The van der Waals surface area contributed by atoms with Gasteiger partial charge >= 0.3 is 5.97 Å². The van der Waals surface area contributed by atoms with Gasteiger partial charge < -0.3 is 24.8 Å². The third-order valence-corrected chi connectivity index (χ3v) is 6.26. The number of rotatable bonds is 8. The maximum Gasteiger partial charge on any atom is 0.338 e. The van der Waals surface area contributed by atoms with Crippen LogP contribution < -0.4 is 20.1 Å². The largest absolute Gasteiger partial charge is 0.493 e. The minimum atomic E-state index is -0.635. The minimum absolute atomic E-state index is 0.225. The average molecular weight is 543 g/mol. The van der Waals surface area contributed by atoms with Crippen LogP contribution in [0.2, 0.25) is 10.0 Å². The Kier molecular flexibility index (Phi) is 8.36. The van der Waals surface area contributed by atoms with Gasteiger partial charge in [-0.1, -0.05) is 65.7 Å². The normalized spacial score (nSPS) is 15.1. The monoisotopic (exact) mass is 542 g/mol. The number of benzene rings is 3. The molecule has 9 heteroatoms. The molecule has 1 aliphatic rings. The predicted molar refractivity (Wildman–Crippen MR) is 145 cm³/mol. The molecule has 0 unspecified atom stereocenters. The van der Waals surface area contributed by atoms with Gasteiger partial charge in [-0.25, -0.2) is 4.79 Å². The fourth-order valence-electron chi connectivity index (χ4n) is 3.86. The van der Waals surface area contributed by atoms with E-state index in [1.807, 2.05) is 42.5 Å². The molecule has 0 bridgehead atoms. The second-order valence-corrected chi connectivity index (χ2v) is 9.11. The molecule has 1 aliphatic heterocycles. The zero-order chi connectivity index (χ0) is 25.7. The van der Waals surface area contributed by atoms with Crippen molar-refractivity contribution in [3.05, 3.63) is 99.0 Å². The van der Waals surface area contributed by atoms with E-state index in [1.165, 1.54) is 7.11 Å². The highest BCUT2D eigenvalue weighted by Gasteiger charge is 2.34. The van der Waals surface area contributed by atoms with Crippen molar-refractivity contribution < 1.29 is 19.0 Å². The van der Waals surface area contributed by atoms with Gasteiger partial charge in [-0.2, -0.15) is 0 Å². The summed E-state index contributed by atoms with van der Waals surface area (Å²) in [6, 6.07) is 19.7. The summed E-state index contributed by atoms with van der Waals surface area (Å²) >= 11 is 18.1. The number of halogens is 2. The third kappa shape index (κ3) is 5.75. The Labute approximate surface area is 225 Å². The Hall–Kier alpha value is -3.26. The summed E-state index contributed by atoms with van der Waals surface area (Å²) in [5.74, 6) is 0.337. The zero-order valence-corrected chi connectivity index (χ0v) is 22.0. The van der Waals surface area contributed by atoms with Crippen molar-refractivity contribution in [1.82, 2.24) is 10.6 Å². The Morgan fingerprint density at radius 1 is 1.06 bits per heavy atom. The van der Waals surface area contributed by atoms with E-state index in [0.717, 1.165) is 11.1 Å². The molecule has 0 saturated heterocycles. The highest BCUT2D eigenvalue weighted by Crippen LogP contribution is 2.41. The van der Waals surface area contributed by atoms with Crippen LogP contribution in [0.5, 0.6) is 11.5 Å². The number of carbonyl (C=O) groups excluding carboxylic acids is 1. The number of thiocarbonyl (C=S) groups is 1. The van der Waals surface area contributed by atoms with Crippen LogP contribution in [0, 0.1) is 0 Å². The van der Waals surface area contributed by atoms with Crippen LogP contribution >= 0.6 is 35.4 Å². The van der Waals surface area contributed by atoms with Crippen molar-refractivity contribution in [2.75, 3.05) is 13.7 Å². The second kappa shape index (κ2) is 11.6. The molecule has 1 heterocycles. The molecule has 3 aromatic rings. The van der Waals surface area contributed by atoms with Gasteiger partial charge in [0.15, 0.2) is 16.6 Å². The van der Waals surface area contributed by atoms with Crippen molar-refractivity contribution in [2.45, 2.75) is 19.6 Å². The van der Waals surface area contributed by atoms with Gasteiger partial charge in [-0.3, -0.25) is 0 Å². The Balaban J connectivity index is 1.75. The molecule has 0 aromatic heterocycles. The van der Waals surface area contributed by atoms with Crippen LogP contribution in [0.15, 0.2) is 72.3 Å². The lowest BCUT2D eigenvalue weighted by Crippen LogP contribution is -2.45. The fourth-order valence-corrected chi connectivity index (χ4v) is 4.48. The van der Waals surface area contributed by atoms with Gasteiger partial charge in [0.25, 0.3) is 0 Å². The van der Waals surface area contributed by atoms with Crippen LogP contribution in [0.3, 0.4) is 0 Å². The minimum Gasteiger partial charge on any atom is -0.493 e. The molecule has 6 nitrogen and oxygen atoms in total. The number of carbonyl (C=O) groups is 1. The van der Waals surface area contributed by atoms with Gasteiger partial charge in [0.1, 0.15) is 6.61 Å². The first-order valence-corrected chi connectivity index (χ1v) is 12.4. The van der Waals surface area contributed by atoms with E-state index in [-0.39, 0.29) is 13.2 Å². The molecule has 0 spiro atoms. The molecular weight excluding hydrogens is 519 g/mol. The quantitative estimate of drug-likeness (QED) is 0.264. The van der Waals surface area contributed by atoms with Crippen molar-refractivity contribution in [3.63, 3.8) is 0 Å². The van der Waals surface area contributed by atoms with Crippen LogP contribution in [0.1, 0.15) is 29.7 Å². The maximum absolute atomic E-state index is 13.2. The summed E-state index contributed by atoms with van der Waals surface area (Å²) in [5.41, 5.74) is 3.34. The lowest BCUT2D eigenvalue weighted by molar-refractivity contribution is -0.138. The van der Waals surface area contributed by atoms with Crippen LogP contribution in [0.25, 0.3) is 5.70 Å². The van der Waals surface area contributed by atoms with E-state index in [4.69, 9.17) is 49.6 Å². The zero-order valence-electron chi connectivity index (χ0n) is 19.6. The molecule has 36 heavy (non-hydrogen) atoms. The van der Waals surface area contributed by atoms with E-state index in [0.29, 0.717) is 43.5 Å². The summed E-state index contributed by atoms with van der Waals surface area (Å²) in [7, 11) is 1.53. The predicted octanol–water partition coefficient (Wildman–Crippen LogP) is 6.07. The second-order valence-electron chi connectivity index (χ2n) is 7.86. The molecule has 2 N–H and O–H groups in total. The van der Waals surface area contributed by atoms with Crippen LogP contribution in [-0.4, -0.2) is 24.8 Å².